The van der Waals surface area contributed by atoms with E-state index in [1.54, 1.807) is 16.5 Å². The normalized spacial score (nSPS) is 19.1. The summed E-state index contributed by atoms with van der Waals surface area (Å²) in [7, 11) is 0. The fraction of sp³-hybridized carbons (Fsp3) is 0.524. The Morgan fingerprint density at radius 3 is 2.87 bits per heavy atom. The number of hydrogen-bond acceptors (Lipinski definition) is 8. The molecular formula is C21H25ClN4O3S2. The average Bonchev–Trinajstić information content (AvgIpc) is 3.28. The van der Waals surface area contributed by atoms with Gasteiger partial charge in [0.1, 0.15) is 22.4 Å². The number of halogens is 1. The number of carbonyl (C=O) groups is 1. The molecule has 1 amide bonds. The van der Waals surface area contributed by atoms with Crippen LogP contribution in [0.1, 0.15) is 56.7 Å². The van der Waals surface area contributed by atoms with E-state index < -0.39 is 17.4 Å². The third kappa shape index (κ3) is 5.89. The van der Waals surface area contributed by atoms with E-state index in [1.807, 2.05) is 40.8 Å². The summed E-state index contributed by atoms with van der Waals surface area (Å²) in [5.41, 5.74) is 0.788. The van der Waals surface area contributed by atoms with Crippen molar-refractivity contribution in [1.29, 1.82) is 5.26 Å². The van der Waals surface area contributed by atoms with Crippen LogP contribution < -0.4 is 0 Å². The summed E-state index contributed by atoms with van der Waals surface area (Å²) < 4.78 is 11.6. The molecule has 1 saturated heterocycles. The minimum Gasteiger partial charge on any atom is -0.444 e. The van der Waals surface area contributed by atoms with Gasteiger partial charge in [0, 0.05) is 22.5 Å². The quantitative estimate of drug-likeness (QED) is 0.510. The number of amides is 1. The monoisotopic (exact) mass is 480 g/mol. The van der Waals surface area contributed by atoms with Crippen LogP contribution in [0.15, 0.2) is 29.0 Å². The number of ether oxygens (including phenoxy) is 2. The molecule has 2 aromatic heterocycles. The molecule has 3 heterocycles. The maximum Gasteiger partial charge on any atom is 0.412 e. The number of rotatable bonds is 5. The maximum atomic E-state index is 13.0. The fourth-order valence-corrected chi connectivity index (χ4v) is 5.52. The van der Waals surface area contributed by atoms with E-state index >= 15 is 0 Å². The molecule has 10 heteroatoms. The highest BCUT2D eigenvalue weighted by atomic mass is 35.5. The Labute approximate surface area is 195 Å². The van der Waals surface area contributed by atoms with Crippen LogP contribution in [0, 0.1) is 11.3 Å². The number of nitriles is 1. The van der Waals surface area contributed by atoms with Gasteiger partial charge in [-0.25, -0.2) is 9.78 Å². The van der Waals surface area contributed by atoms with Gasteiger partial charge >= 0.3 is 6.09 Å². The van der Waals surface area contributed by atoms with Gasteiger partial charge in [0.25, 0.3) is 0 Å². The molecule has 0 saturated carbocycles. The highest BCUT2D eigenvalue weighted by molar-refractivity contribution is 7.99. The molecule has 1 fully saturated rings. The van der Waals surface area contributed by atoms with Gasteiger partial charge < -0.3 is 9.47 Å². The zero-order valence-corrected chi connectivity index (χ0v) is 20.5. The van der Waals surface area contributed by atoms with Gasteiger partial charge in [-0.2, -0.15) is 5.26 Å². The molecular weight excluding hydrogens is 456 g/mol. The van der Waals surface area contributed by atoms with Gasteiger partial charge in [0.05, 0.1) is 28.7 Å². The summed E-state index contributed by atoms with van der Waals surface area (Å²) in [4.78, 5) is 24.3. The standard InChI is InChI=1S/C21H25ClN4O3S2/c1-20(2,3)29-19(27)26-15(11-28-21(26,4)5)7-16(17-10-24-12-30-17)31-18-13(8-23)6-14(22)9-25-18/h6,9-10,12,15-16H,7,11H2,1-5H3. The number of pyridine rings is 1. The first kappa shape index (κ1) is 23.8. The molecule has 0 aliphatic carbocycles. The number of thioether (sulfide) groups is 1. The SMILES string of the molecule is CC(C)(C)OC(=O)N1C(CC(Sc2ncc(Cl)cc2C#N)c2cncs2)COC1(C)C. The lowest BCUT2D eigenvalue weighted by Crippen LogP contribution is -2.50. The molecule has 2 unspecified atom stereocenters. The first-order chi connectivity index (χ1) is 14.5. The fourth-order valence-electron chi connectivity index (χ4n) is 3.33. The van der Waals surface area contributed by atoms with Crippen LogP contribution in [0.25, 0.3) is 0 Å². The average molecular weight is 481 g/mol. The number of aromatic nitrogens is 2. The molecule has 0 spiro atoms. The summed E-state index contributed by atoms with van der Waals surface area (Å²) in [6.07, 6.45) is 3.52. The number of carbonyl (C=O) groups excluding carboxylic acids is 1. The predicted octanol–water partition coefficient (Wildman–Crippen LogP) is 5.66. The maximum absolute atomic E-state index is 13.0. The van der Waals surface area contributed by atoms with Gasteiger partial charge in [-0.15, -0.1) is 11.3 Å². The van der Waals surface area contributed by atoms with Crippen LogP contribution in [-0.4, -0.2) is 44.9 Å². The number of nitrogens with zero attached hydrogens (tertiary/aromatic N) is 4. The Balaban J connectivity index is 1.88. The Bertz CT molecular complexity index is 970. The number of hydrogen-bond donors (Lipinski definition) is 0. The Kier molecular flexibility index (Phi) is 7.16. The van der Waals surface area contributed by atoms with Gasteiger partial charge in [-0.1, -0.05) is 23.4 Å². The lowest BCUT2D eigenvalue weighted by atomic mass is 10.1. The van der Waals surface area contributed by atoms with Crippen molar-refractivity contribution < 1.29 is 14.3 Å². The Morgan fingerprint density at radius 1 is 1.52 bits per heavy atom. The lowest BCUT2D eigenvalue weighted by molar-refractivity contribution is -0.0626. The second kappa shape index (κ2) is 9.33. The summed E-state index contributed by atoms with van der Waals surface area (Å²) >= 11 is 8.99. The van der Waals surface area contributed by atoms with E-state index in [2.05, 4.69) is 16.0 Å². The second-order valence-electron chi connectivity index (χ2n) is 8.63. The summed E-state index contributed by atoms with van der Waals surface area (Å²) in [6, 6.07) is 3.56. The zero-order chi connectivity index (χ0) is 22.8. The predicted molar refractivity (Wildman–Crippen MR) is 121 cm³/mol. The van der Waals surface area contributed by atoms with Crippen LogP contribution in [0.4, 0.5) is 4.79 Å². The molecule has 0 N–H and O–H groups in total. The molecule has 0 aromatic carbocycles. The van der Waals surface area contributed by atoms with E-state index in [0.29, 0.717) is 28.6 Å². The van der Waals surface area contributed by atoms with Crippen molar-refractivity contribution in [3.63, 3.8) is 0 Å². The van der Waals surface area contributed by atoms with Crippen molar-refractivity contribution in [1.82, 2.24) is 14.9 Å². The molecule has 1 aliphatic heterocycles. The molecule has 0 radical (unpaired) electrons. The van der Waals surface area contributed by atoms with Crippen LogP contribution in [-0.2, 0) is 9.47 Å². The highest BCUT2D eigenvalue weighted by Gasteiger charge is 2.46. The summed E-state index contributed by atoms with van der Waals surface area (Å²) in [5, 5.41) is 10.4. The van der Waals surface area contributed by atoms with Crippen LogP contribution in [0.5, 0.6) is 0 Å². The topological polar surface area (TPSA) is 88.3 Å². The van der Waals surface area contributed by atoms with Crippen molar-refractivity contribution in [3.05, 3.63) is 39.4 Å². The molecule has 31 heavy (non-hydrogen) atoms. The second-order valence-corrected chi connectivity index (χ2v) is 11.2. The smallest absolute Gasteiger partial charge is 0.412 e. The van der Waals surface area contributed by atoms with E-state index in [9.17, 15) is 10.1 Å². The van der Waals surface area contributed by atoms with E-state index in [0.717, 1.165) is 4.88 Å². The zero-order valence-electron chi connectivity index (χ0n) is 18.1. The molecule has 1 aliphatic rings. The molecule has 2 atom stereocenters. The minimum absolute atomic E-state index is 0.0827. The van der Waals surface area contributed by atoms with E-state index in [1.165, 1.54) is 29.3 Å². The first-order valence-electron chi connectivity index (χ1n) is 9.77. The van der Waals surface area contributed by atoms with Crippen molar-refractivity contribution in [2.24, 2.45) is 0 Å². The highest BCUT2D eigenvalue weighted by Crippen LogP contribution is 2.43. The largest absolute Gasteiger partial charge is 0.444 e. The van der Waals surface area contributed by atoms with E-state index in [4.69, 9.17) is 21.1 Å². The molecule has 7 nitrogen and oxygen atoms in total. The summed E-state index contributed by atoms with van der Waals surface area (Å²) in [5.74, 6) is 0. The van der Waals surface area contributed by atoms with E-state index in [-0.39, 0.29) is 11.3 Å². The minimum atomic E-state index is -0.785. The third-order valence-corrected chi connectivity index (χ3v) is 7.14. The molecule has 0 bridgehead atoms. The van der Waals surface area contributed by atoms with Crippen LogP contribution >= 0.6 is 34.7 Å². The van der Waals surface area contributed by atoms with Crippen molar-refractivity contribution in [2.45, 2.75) is 68.7 Å². The molecule has 3 rings (SSSR count). The lowest BCUT2D eigenvalue weighted by Gasteiger charge is -2.35. The van der Waals surface area contributed by atoms with Gasteiger partial charge in [0.15, 0.2) is 0 Å². The first-order valence-corrected chi connectivity index (χ1v) is 11.9. The Hall–Kier alpha value is -1.86. The van der Waals surface area contributed by atoms with Crippen molar-refractivity contribution >= 4 is 40.8 Å². The molecule has 2 aromatic rings. The summed E-state index contributed by atoms with van der Waals surface area (Å²) in [6.45, 7) is 9.64. The Morgan fingerprint density at radius 2 is 2.26 bits per heavy atom. The van der Waals surface area contributed by atoms with Crippen LogP contribution in [0.3, 0.4) is 0 Å². The third-order valence-electron chi connectivity index (χ3n) is 4.61. The number of thiazole rings is 1. The van der Waals surface area contributed by atoms with Crippen LogP contribution in [0.2, 0.25) is 5.02 Å². The van der Waals surface area contributed by atoms with Crippen molar-refractivity contribution in [2.75, 3.05) is 6.61 Å². The van der Waals surface area contributed by atoms with Gasteiger partial charge in [0.2, 0.25) is 0 Å². The van der Waals surface area contributed by atoms with Gasteiger partial charge in [-0.3, -0.25) is 9.88 Å². The van der Waals surface area contributed by atoms with Gasteiger partial charge in [-0.05, 0) is 47.1 Å². The van der Waals surface area contributed by atoms with Crippen molar-refractivity contribution in [3.8, 4) is 6.07 Å². The molecule has 166 valence electrons.